The molecule has 0 fully saturated rings. The summed E-state index contributed by atoms with van der Waals surface area (Å²) in [7, 11) is 0. The molecule has 0 aliphatic carbocycles. The van der Waals surface area contributed by atoms with Gasteiger partial charge in [-0.25, -0.2) is 4.98 Å². The predicted molar refractivity (Wildman–Crippen MR) is 60.9 cm³/mol. The van der Waals surface area contributed by atoms with E-state index < -0.39 is 5.91 Å². The van der Waals surface area contributed by atoms with E-state index in [0.29, 0.717) is 11.7 Å². The van der Waals surface area contributed by atoms with Gasteiger partial charge in [-0.2, -0.15) is 0 Å². The fourth-order valence-corrected chi connectivity index (χ4v) is 1.29. The van der Waals surface area contributed by atoms with Gasteiger partial charge < -0.3 is 15.5 Å². The number of oxazole rings is 1. The number of nitrogens with zero attached hydrogens (tertiary/aromatic N) is 1. The highest BCUT2D eigenvalue weighted by Gasteiger charge is 2.13. The summed E-state index contributed by atoms with van der Waals surface area (Å²) in [5.41, 5.74) is 5.05. The Morgan fingerprint density at radius 3 is 2.75 bits per heavy atom. The molecular formula is C11H19N3O2. The minimum atomic E-state index is -0.638. The van der Waals surface area contributed by atoms with E-state index in [1.54, 1.807) is 0 Å². The van der Waals surface area contributed by atoms with Gasteiger partial charge in [0.05, 0.1) is 12.2 Å². The van der Waals surface area contributed by atoms with Crippen molar-refractivity contribution in [3.05, 3.63) is 17.8 Å². The average molecular weight is 225 g/mol. The Balaban J connectivity index is 2.46. The van der Waals surface area contributed by atoms with Gasteiger partial charge in [-0.1, -0.05) is 13.8 Å². The molecule has 16 heavy (non-hydrogen) atoms. The van der Waals surface area contributed by atoms with Crippen molar-refractivity contribution in [1.82, 2.24) is 10.3 Å². The summed E-state index contributed by atoms with van der Waals surface area (Å²) in [6.45, 7) is 7.22. The van der Waals surface area contributed by atoms with E-state index >= 15 is 0 Å². The Kier molecular flexibility index (Phi) is 4.49. The van der Waals surface area contributed by atoms with Gasteiger partial charge in [0, 0.05) is 0 Å². The van der Waals surface area contributed by atoms with Crippen LogP contribution in [-0.4, -0.2) is 17.4 Å². The molecule has 5 nitrogen and oxygen atoms in total. The van der Waals surface area contributed by atoms with Crippen LogP contribution in [-0.2, 0) is 0 Å². The van der Waals surface area contributed by atoms with Crippen molar-refractivity contribution in [1.29, 1.82) is 0 Å². The van der Waals surface area contributed by atoms with Crippen molar-refractivity contribution in [2.75, 3.05) is 6.54 Å². The van der Waals surface area contributed by atoms with Crippen molar-refractivity contribution in [3.63, 3.8) is 0 Å². The molecule has 0 saturated heterocycles. The van der Waals surface area contributed by atoms with Crippen LogP contribution in [0.25, 0.3) is 0 Å². The maximum atomic E-state index is 10.8. The zero-order chi connectivity index (χ0) is 12.1. The Bertz CT molecular complexity index is 347. The smallest absolute Gasteiger partial charge is 0.304 e. The van der Waals surface area contributed by atoms with Crippen LogP contribution in [0.15, 0.2) is 10.6 Å². The first kappa shape index (κ1) is 12.7. The maximum absolute atomic E-state index is 10.8. The molecule has 1 unspecified atom stereocenters. The number of nitrogens with one attached hydrogen (secondary N) is 1. The van der Waals surface area contributed by atoms with Crippen LogP contribution in [0.5, 0.6) is 0 Å². The lowest BCUT2D eigenvalue weighted by Gasteiger charge is -2.11. The standard InChI is InChI=1S/C11H19N3O2/c1-7(2)4-5-13-8(3)9-6-14-11(16-9)10(12)15/h6-8,13H,4-5H2,1-3H3,(H2,12,15). The monoisotopic (exact) mass is 225 g/mol. The summed E-state index contributed by atoms with van der Waals surface area (Å²) in [5.74, 6) is 0.626. The number of primary amides is 1. The van der Waals surface area contributed by atoms with Gasteiger partial charge in [-0.05, 0) is 25.8 Å². The highest BCUT2D eigenvalue weighted by atomic mass is 16.4. The van der Waals surface area contributed by atoms with Crippen LogP contribution in [0.4, 0.5) is 0 Å². The summed E-state index contributed by atoms with van der Waals surface area (Å²) < 4.78 is 5.22. The molecule has 0 radical (unpaired) electrons. The number of amides is 1. The van der Waals surface area contributed by atoms with E-state index in [1.807, 2.05) is 6.92 Å². The van der Waals surface area contributed by atoms with E-state index in [-0.39, 0.29) is 11.9 Å². The van der Waals surface area contributed by atoms with Gasteiger partial charge in [0.2, 0.25) is 0 Å². The fourth-order valence-electron chi connectivity index (χ4n) is 1.29. The molecule has 0 bridgehead atoms. The molecule has 0 aromatic carbocycles. The third-order valence-electron chi connectivity index (χ3n) is 2.33. The number of hydrogen-bond acceptors (Lipinski definition) is 4. The summed E-state index contributed by atoms with van der Waals surface area (Å²) in [5, 5.41) is 3.30. The first-order valence-electron chi connectivity index (χ1n) is 5.49. The molecule has 1 atom stereocenters. The Morgan fingerprint density at radius 1 is 1.56 bits per heavy atom. The largest absolute Gasteiger partial charge is 0.436 e. The van der Waals surface area contributed by atoms with Crippen molar-refractivity contribution >= 4 is 5.91 Å². The molecule has 1 rings (SSSR count). The highest BCUT2D eigenvalue weighted by molar-refractivity contribution is 5.87. The van der Waals surface area contributed by atoms with Gasteiger partial charge in [-0.15, -0.1) is 0 Å². The van der Waals surface area contributed by atoms with Crippen LogP contribution in [0.1, 0.15) is 49.7 Å². The van der Waals surface area contributed by atoms with Crippen LogP contribution < -0.4 is 11.1 Å². The number of rotatable bonds is 6. The molecule has 0 spiro atoms. The zero-order valence-electron chi connectivity index (χ0n) is 9.99. The van der Waals surface area contributed by atoms with Gasteiger partial charge in [0.15, 0.2) is 0 Å². The molecule has 5 heteroatoms. The maximum Gasteiger partial charge on any atom is 0.304 e. The number of hydrogen-bond donors (Lipinski definition) is 2. The lowest BCUT2D eigenvalue weighted by atomic mass is 10.1. The topological polar surface area (TPSA) is 81.1 Å². The fraction of sp³-hybridized carbons (Fsp3) is 0.636. The molecule has 0 aliphatic rings. The van der Waals surface area contributed by atoms with Crippen LogP contribution in [0.2, 0.25) is 0 Å². The molecule has 3 N–H and O–H groups in total. The average Bonchev–Trinajstić information content (AvgIpc) is 2.65. The molecule has 0 aliphatic heterocycles. The predicted octanol–water partition coefficient (Wildman–Crippen LogP) is 1.47. The molecule has 1 amide bonds. The van der Waals surface area contributed by atoms with Crippen LogP contribution >= 0.6 is 0 Å². The van der Waals surface area contributed by atoms with Crippen molar-refractivity contribution in [2.45, 2.75) is 33.2 Å². The number of carbonyl (C=O) groups is 1. The molecule has 90 valence electrons. The minimum absolute atomic E-state index is 0.0347. The van der Waals surface area contributed by atoms with Crippen LogP contribution in [0, 0.1) is 5.92 Å². The van der Waals surface area contributed by atoms with Crippen molar-refractivity contribution in [3.8, 4) is 0 Å². The lowest BCUT2D eigenvalue weighted by Crippen LogP contribution is -2.20. The molecule has 1 heterocycles. The second-order valence-electron chi connectivity index (χ2n) is 4.29. The first-order valence-corrected chi connectivity index (χ1v) is 5.49. The molecular weight excluding hydrogens is 206 g/mol. The van der Waals surface area contributed by atoms with Crippen LogP contribution in [0.3, 0.4) is 0 Å². The van der Waals surface area contributed by atoms with E-state index in [0.717, 1.165) is 13.0 Å². The second kappa shape index (κ2) is 5.65. The van der Waals surface area contributed by atoms with Gasteiger partial charge in [0.25, 0.3) is 5.89 Å². The van der Waals surface area contributed by atoms with E-state index in [4.69, 9.17) is 10.2 Å². The Morgan fingerprint density at radius 2 is 2.25 bits per heavy atom. The normalized spacial score (nSPS) is 13.0. The van der Waals surface area contributed by atoms with Gasteiger partial charge in [-0.3, -0.25) is 4.79 Å². The first-order chi connectivity index (χ1) is 7.50. The second-order valence-corrected chi connectivity index (χ2v) is 4.29. The lowest BCUT2D eigenvalue weighted by molar-refractivity contribution is 0.0964. The molecule has 0 saturated carbocycles. The van der Waals surface area contributed by atoms with Crippen molar-refractivity contribution < 1.29 is 9.21 Å². The van der Waals surface area contributed by atoms with E-state index in [9.17, 15) is 4.79 Å². The Hall–Kier alpha value is -1.36. The number of carbonyl (C=O) groups excluding carboxylic acids is 1. The highest BCUT2D eigenvalue weighted by Crippen LogP contribution is 2.13. The molecule has 1 aromatic heterocycles. The van der Waals surface area contributed by atoms with Crippen molar-refractivity contribution in [2.24, 2.45) is 11.7 Å². The molecule has 1 aromatic rings. The quantitative estimate of drug-likeness (QED) is 0.768. The third-order valence-corrected chi connectivity index (χ3v) is 2.33. The van der Waals surface area contributed by atoms with E-state index in [2.05, 4.69) is 24.1 Å². The Labute approximate surface area is 95.4 Å². The summed E-state index contributed by atoms with van der Waals surface area (Å²) in [4.78, 5) is 14.6. The SMILES string of the molecule is CC(C)CCNC(C)c1cnc(C(N)=O)o1. The minimum Gasteiger partial charge on any atom is -0.436 e. The summed E-state index contributed by atoms with van der Waals surface area (Å²) >= 11 is 0. The van der Waals surface area contributed by atoms with Gasteiger partial charge >= 0.3 is 5.91 Å². The van der Waals surface area contributed by atoms with Gasteiger partial charge in [0.1, 0.15) is 5.76 Å². The number of nitrogens with two attached hydrogens (primary N) is 1. The number of aromatic nitrogens is 1. The zero-order valence-corrected chi connectivity index (χ0v) is 9.99. The summed E-state index contributed by atoms with van der Waals surface area (Å²) in [6, 6.07) is 0.0411. The summed E-state index contributed by atoms with van der Waals surface area (Å²) in [6.07, 6.45) is 2.63. The third kappa shape index (κ3) is 3.66. The van der Waals surface area contributed by atoms with E-state index in [1.165, 1.54) is 6.20 Å².